The van der Waals surface area contributed by atoms with E-state index in [1.165, 1.54) is 12.1 Å². The Bertz CT molecular complexity index is 405. The molecule has 0 aromatic heterocycles. The van der Waals surface area contributed by atoms with Crippen LogP contribution in [-0.2, 0) is 10.9 Å². The molecule has 0 fully saturated rings. The molecule has 3 nitrogen and oxygen atoms in total. The molecule has 0 bridgehead atoms. The van der Waals surface area contributed by atoms with Crippen LogP contribution in [0.3, 0.4) is 0 Å². The van der Waals surface area contributed by atoms with Crippen LogP contribution >= 0.6 is 0 Å². The molecule has 0 aliphatic carbocycles. The number of methoxy groups -OCH3 is 1. The fraction of sp³-hybridized carbons (Fsp3) is 0.571. The van der Waals surface area contributed by atoms with Crippen molar-refractivity contribution in [2.75, 3.05) is 7.11 Å². The van der Waals surface area contributed by atoms with Gasteiger partial charge in [-0.1, -0.05) is 26.0 Å². The molecule has 0 heterocycles. The number of hydrazine groups is 1. The summed E-state index contributed by atoms with van der Waals surface area (Å²) in [4.78, 5) is 0. The van der Waals surface area contributed by atoms with Crippen LogP contribution < -0.4 is 11.3 Å². The molecule has 0 spiro atoms. The summed E-state index contributed by atoms with van der Waals surface area (Å²) in [5.74, 6) is 5.59. The summed E-state index contributed by atoms with van der Waals surface area (Å²) in [6.07, 6.45) is -2.95. The first kappa shape index (κ1) is 16.9. The summed E-state index contributed by atoms with van der Waals surface area (Å²) in [6, 6.07) is 4.63. The van der Waals surface area contributed by atoms with Gasteiger partial charge >= 0.3 is 6.18 Å². The van der Waals surface area contributed by atoms with Crippen molar-refractivity contribution in [2.24, 2.45) is 5.84 Å². The molecule has 0 saturated carbocycles. The topological polar surface area (TPSA) is 47.3 Å². The molecule has 0 amide bonds. The van der Waals surface area contributed by atoms with Crippen LogP contribution in [0.2, 0.25) is 0 Å². The van der Waals surface area contributed by atoms with E-state index in [2.05, 4.69) is 5.43 Å². The number of alkyl halides is 3. The SMILES string of the molecule is CCC(CC)(OC)C(NN)c1ccc(C(F)(F)F)cc1. The van der Waals surface area contributed by atoms with E-state index in [0.29, 0.717) is 18.4 Å². The molecule has 1 unspecified atom stereocenters. The monoisotopic (exact) mass is 290 g/mol. The third-order valence-electron chi connectivity index (χ3n) is 3.87. The van der Waals surface area contributed by atoms with Crippen molar-refractivity contribution < 1.29 is 17.9 Å². The van der Waals surface area contributed by atoms with Gasteiger partial charge in [0.1, 0.15) is 0 Å². The third-order valence-corrected chi connectivity index (χ3v) is 3.87. The predicted octanol–water partition coefficient (Wildman–Crippen LogP) is 3.42. The first-order valence-electron chi connectivity index (χ1n) is 6.53. The molecule has 1 aromatic carbocycles. The Labute approximate surface area is 117 Å². The molecule has 1 aromatic rings. The number of hydrogen-bond acceptors (Lipinski definition) is 3. The Morgan fingerprint density at radius 3 is 1.95 bits per heavy atom. The number of hydrogen-bond donors (Lipinski definition) is 2. The van der Waals surface area contributed by atoms with Crippen molar-refractivity contribution in [3.8, 4) is 0 Å². The van der Waals surface area contributed by atoms with E-state index >= 15 is 0 Å². The Kier molecular flexibility index (Phi) is 5.56. The largest absolute Gasteiger partial charge is 0.416 e. The number of nitrogens with one attached hydrogen (secondary N) is 1. The molecular formula is C14H21F3N2O. The van der Waals surface area contributed by atoms with Crippen LogP contribution in [0.5, 0.6) is 0 Å². The molecule has 1 atom stereocenters. The maximum absolute atomic E-state index is 12.6. The van der Waals surface area contributed by atoms with Gasteiger partial charge in [0, 0.05) is 7.11 Å². The molecule has 0 saturated heterocycles. The number of benzene rings is 1. The second-order valence-electron chi connectivity index (χ2n) is 4.70. The Morgan fingerprint density at radius 1 is 1.15 bits per heavy atom. The number of halogens is 3. The highest BCUT2D eigenvalue weighted by molar-refractivity contribution is 5.28. The lowest BCUT2D eigenvalue weighted by Crippen LogP contribution is -2.47. The maximum Gasteiger partial charge on any atom is 0.416 e. The Balaban J connectivity index is 3.13. The van der Waals surface area contributed by atoms with Crippen LogP contribution in [0.25, 0.3) is 0 Å². The zero-order chi connectivity index (χ0) is 15.4. The normalized spacial score (nSPS) is 14.3. The average molecular weight is 290 g/mol. The van der Waals surface area contributed by atoms with Crippen LogP contribution in [0.15, 0.2) is 24.3 Å². The van der Waals surface area contributed by atoms with Crippen LogP contribution in [0, 0.1) is 0 Å². The van der Waals surface area contributed by atoms with Crippen molar-refractivity contribution in [1.82, 2.24) is 5.43 Å². The molecule has 0 aliphatic rings. The standard InChI is InChI=1S/C14H21F3N2O/c1-4-13(5-2,20-3)12(19-18)10-6-8-11(9-7-10)14(15,16)17/h6-9,12,19H,4-5,18H2,1-3H3. The Morgan fingerprint density at radius 2 is 1.65 bits per heavy atom. The molecule has 0 radical (unpaired) electrons. The maximum atomic E-state index is 12.6. The lowest BCUT2D eigenvalue weighted by Gasteiger charge is -2.38. The fourth-order valence-electron chi connectivity index (χ4n) is 2.48. The molecule has 6 heteroatoms. The lowest BCUT2D eigenvalue weighted by atomic mass is 9.84. The summed E-state index contributed by atoms with van der Waals surface area (Å²) in [5, 5.41) is 0. The highest BCUT2D eigenvalue weighted by atomic mass is 19.4. The van der Waals surface area contributed by atoms with Crippen molar-refractivity contribution in [3.63, 3.8) is 0 Å². The predicted molar refractivity (Wildman–Crippen MR) is 71.8 cm³/mol. The molecule has 20 heavy (non-hydrogen) atoms. The fourth-order valence-corrected chi connectivity index (χ4v) is 2.48. The van der Waals surface area contributed by atoms with Gasteiger partial charge in [-0.15, -0.1) is 0 Å². The molecular weight excluding hydrogens is 269 g/mol. The van der Waals surface area contributed by atoms with Gasteiger partial charge in [0.15, 0.2) is 0 Å². The highest BCUT2D eigenvalue weighted by Gasteiger charge is 2.37. The van der Waals surface area contributed by atoms with Crippen LogP contribution in [0.1, 0.15) is 43.9 Å². The second-order valence-corrected chi connectivity index (χ2v) is 4.70. The number of ether oxygens (including phenoxy) is 1. The zero-order valence-electron chi connectivity index (χ0n) is 11.9. The average Bonchev–Trinajstić information content (AvgIpc) is 2.44. The van der Waals surface area contributed by atoms with Gasteiger partial charge in [-0.3, -0.25) is 11.3 Å². The summed E-state index contributed by atoms with van der Waals surface area (Å²) in [5.41, 5.74) is 2.12. The van der Waals surface area contributed by atoms with Crippen LogP contribution in [0.4, 0.5) is 13.2 Å². The zero-order valence-corrected chi connectivity index (χ0v) is 11.9. The third kappa shape index (κ3) is 3.31. The minimum atomic E-state index is -4.34. The highest BCUT2D eigenvalue weighted by Crippen LogP contribution is 2.36. The van der Waals surface area contributed by atoms with Crippen molar-refractivity contribution in [1.29, 1.82) is 0 Å². The Hall–Kier alpha value is -1.11. The lowest BCUT2D eigenvalue weighted by molar-refractivity contribution is -0.137. The van der Waals surface area contributed by atoms with Gasteiger partial charge < -0.3 is 4.74 Å². The second kappa shape index (κ2) is 6.56. The number of nitrogens with two attached hydrogens (primary N) is 1. The van der Waals surface area contributed by atoms with E-state index < -0.39 is 17.3 Å². The minimum absolute atomic E-state index is 0.371. The van der Waals surface area contributed by atoms with Gasteiger partial charge in [-0.25, -0.2) is 0 Å². The van der Waals surface area contributed by atoms with E-state index in [1.54, 1.807) is 7.11 Å². The van der Waals surface area contributed by atoms with Gasteiger partial charge in [0.25, 0.3) is 0 Å². The summed E-state index contributed by atoms with van der Waals surface area (Å²) in [6.45, 7) is 3.92. The molecule has 0 aliphatic heterocycles. The van der Waals surface area contributed by atoms with E-state index in [9.17, 15) is 13.2 Å². The molecule has 1 rings (SSSR count). The first-order valence-corrected chi connectivity index (χ1v) is 6.53. The van der Waals surface area contributed by atoms with E-state index in [1.807, 2.05) is 13.8 Å². The van der Waals surface area contributed by atoms with Gasteiger partial charge in [-0.2, -0.15) is 13.2 Å². The van der Waals surface area contributed by atoms with E-state index in [4.69, 9.17) is 10.6 Å². The smallest absolute Gasteiger partial charge is 0.376 e. The van der Waals surface area contributed by atoms with E-state index in [-0.39, 0.29) is 6.04 Å². The van der Waals surface area contributed by atoms with E-state index in [0.717, 1.165) is 12.1 Å². The molecule has 114 valence electrons. The van der Waals surface area contributed by atoms with Crippen molar-refractivity contribution in [2.45, 2.75) is 44.5 Å². The van der Waals surface area contributed by atoms with Gasteiger partial charge in [0.2, 0.25) is 0 Å². The van der Waals surface area contributed by atoms with Crippen molar-refractivity contribution >= 4 is 0 Å². The number of rotatable bonds is 6. The van der Waals surface area contributed by atoms with Crippen LogP contribution in [-0.4, -0.2) is 12.7 Å². The van der Waals surface area contributed by atoms with Crippen molar-refractivity contribution in [3.05, 3.63) is 35.4 Å². The quantitative estimate of drug-likeness (QED) is 0.623. The molecule has 3 N–H and O–H groups in total. The summed E-state index contributed by atoms with van der Waals surface area (Å²) < 4.78 is 43.3. The first-order chi connectivity index (χ1) is 9.34. The summed E-state index contributed by atoms with van der Waals surface area (Å²) >= 11 is 0. The van der Waals surface area contributed by atoms with Gasteiger partial charge in [-0.05, 0) is 30.5 Å². The minimum Gasteiger partial charge on any atom is -0.376 e. The van der Waals surface area contributed by atoms with Gasteiger partial charge in [0.05, 0.1) is 17.2 Å². The summed E-state index contributed by atoms with van der Waals surface area (Å²) in [7, 11) is 1.58.